The van der Waals surface area contributed by atoms with Crippen LogP contribution in [0, 0.1) is 5.41 Å². The average Bonchev–Trinajstić information content (AvgIpc) is 3.34. The number of nitrogens with zero attached hydrogens (tertiary/aromatic N) is 2. The van der Waals surface area contributed by atoms with Gasteiger partial charge in [-0.3, -0.25) is 4.99 Å². The highest BCUT2D eigenvalue weighted by molar-refractivity contribution is 14.0. The third-order valence-electron chi connectivity index (χ3n) is 5.61. The number of hydrogen-bond acceptors (Lipinski definition) is 5. The van der Waals surface area contributed by atoms with Crippen molar-refractivity contribution in [2.24, 2.45) is 10.4 Å². The van der Waals surface area contributed by atoms with Gasteiger partial charge in [0.2, 0.25) is 0 Å². The molecule has 1 unspecified atom stereocenters. The lowest BCUT2D eigenvalue weighted by Gasteiger charge is -2.25. The van der Waals surface area contributed by atoms with Crippen LogP contribution in [-0.4, -0.2) is 72.1 Å². The lowest BCUT2D eigenvalue weighted by Crippen LogP contribution is -2.42. The second-order valence-corrected chi connectivity index (χ2v) is 7.21. The quantitative estimate of drug-likeness (QED) is 0.365. The molecule has 158 valence electrons. The zero-order valence-corrected chi connectivity index (χ0v) is 19.6. The van der Waals surface area contributed by atoms with Crippen molar-refractivity contribution in [3.8, 4) is 17.2 Å². The van der Waals surface area contributed by atoms with Crippen molar-refractivity contribution in [3.05, 3.63) is 17.7 Å². The van der Waals surface area contributed by atoms with E-state index in [1.54, 1.807) is 21.3 Å². The van der Waals surface area contributed by atoms with Crippen molar-refractivity contribution in [1.29, 1.82) is 0 Å². The molecule has 2 fully saturated rings. The summed E-state index contributed by atoms with van der Waals surface area (Å²) < 4.78 is 22.0. The van der Waals surface area contributed by atoms with Gasteiger partial charge < -0.3 is 29.2 Å². The first-order chi connectivity index (χ1) is 13.1. The molecule has 0 amide bonds. The molecule has 3 rings (SSSR count). The monoisotopic (exact) mass is 505 g/mol. The standard InChI is InChI=1S/C20H31N3O4.HI/c1-21-19(23-9-6-20(13-23)7-10-27-14-20)22-8-5-16-17(25-3)11-15(24-2)12-18(16)26-4;/h11-12H,5-10,13-14H2,1-4H3,(H,21,22);1H. The van der Waals surface area contributed by atoms with E-state index in [1.165, 1.54) is 6.42 Å². The summed E-state index contributed by atoms with van der Waals surface area (Å²) in [5, 5.41) is 3.49. The Balaban J connectivity index is 0.00000280. The van der Waals surface area contributed by atoms with Gasteiger partial charge in [-0.1, -0.05) is 0 Å². The Bertz CT molecular complexity index is 652. The number of benzene rings is 1. The van der Waals surface area contributed by atoms with Crippen molar-refractivity contribution >= 4 is 29.9 Å². The normalized spacial score (nSPS) is 21.6. The molecule has 0 radical (unpaired) electrons. The first kappa shape index (κ1) is 22.9. The summed E-state index contributed by atoms with van der Waals surface area (Å²) in [7, 11) is 6.81. The maximum atomic E-state index is 5.63. The van der Waals surface area contributed by atoms with Crippen LogP contribution in [-0.2, 0) is 11.2 Å². The van der Waals surface area contributed by atoms with Gasteiger partial charge in [0.05, 0.1) is 27.9 Å². The van der Waals surface area contributed by atoms with E-state index in [0.29, 0.717) is 5.41 Å². The third kappa shape index (κ3) is 4.94. The number of aliphatic imine (C=N–C) groups is 1. The van der Waals surface area contributed by atoms with Crippen LogP contribution >= 0.6 is 24.0 Å². The van der Waals surface area contributed by atoms with Crippen molar-refractivity contribution in [2.75, 3.05) is 61.2 Å². The molecule has 1 atom stereocenters. The Morgan fingerprint density at radius 2 is 1.89 bits per heavy atom. The van der Waals surface area contributed by atoms with Crippen LogP contribution in [0.25, 0.3) is 0 Å². The van der Waals surface area contributed by atoms with Crippen LogP contribution in [0.15, 0.2) is 17.1 Å². The van der Waals surface area contributed by atoms with Gasteiger partial charge in [0.1, 0.15) is 17.2 Å². The minimum atomic E-state index is 0. The minimum Gasteiger partial charge on any atom is -0.496 e. The Labute approximate surface area is 184 Å². The molecule has 1 N–H and O–H groups in total. The molecule has 0 aromatic heterocycles. The number of rotatable bonds is 6. The fourth-order valence-corrected chi connectivity index (χ4v) is 4.04. The number of guanidine groups is 1. The summed E-state index contributed by atoms with van der Waals surface area (Å²) in [4.78, 5) is 6.82. The fraction of sp³-hybridized carbons (Fsp3) is 0.650. The SMILES string of the molecule is CN=C(NCCc1c(OC)cc(OC)cc1OC)N1CCC2(CCOC2)C1.I. The van der Waals surface area contributed by atoms with Crippen LogP contribution in [0.1, 0.15) is 18.4 Å². The number of halogens is 1. The number of hydrogen-bond donors (Lipinski definition) is 1. The van der Waals surface area contributed by atoms with Gasteiger partial charge in [-0.15, -0.1) is 24.0 Å². The zero-order valence-electron chi connectivity index (χ0n) is 17.2. The largest absolute Gasteiger partial charge is 0.496 e. The number of nitrogens with one attached hydrogen (secondary N) is 1. The number of ether oxygens (including phenoxy) is 4. The minimum absolute atomic E-state index is 0. The van der Waals surface area contributed by atoms with E-state index in [1.807, 2.05) is 19.2 Å². The Hall–Kier alpha value is -1.42. The first-order valence-electron chi connectivity index (χ1n) is 9.47. The molecule has 7 nitrogen and oxygen atoms in total. The first-order valence-corrected chi connectivity index (χ1v) is 9.47. The van der Waals surface area contributed by atoms with Crippen LogP contribution in [0.2, 0.25) is 0 Å². The van der Waals surface area contributed by atoms with E-state index < -0.39 is 0 Å². The van der Waals surface area contributed by atoms with E-state index in [9.17, 15) is 0 Å². The van der Waals surface area contributed by atoms with E-state index in [4.69, 9.17) is 18.9 Å². The van der Waals surface area contributed by atoms with E-state index >= 15 is 0 Å². The predicted octanol–water partition coefficient (Wildman–Crippen LogP) is 2.56. The fourth-order valence-electron chi connectivity index (χ4n) is 4.04. The number of methoxy groups -OCH3 is 3. The van der Waals surface area contributed by atoms with Gasteiger partial charge in [-0.25, -0.2) is 0 Å². The Morgan fingerprint density at radius 3 is 2.43 bits per heavy atom. The maximum Gasteiger partial charge on any atom is 0.193 e. The van der Waals surface area contributed by atoms with Crippen LogP contribution < -0.4 is 19.5 Å². The second kappa shape index (κ2) is 10.4. The van der Waals surface area contributed by atoms with Gasteiger partial charge >= 0.3 is 0 Å². The average molecular weight is 505 g/mol. The van der Waals surface area contributed by atoms with Gasteiger partial charge in [-0.2, -0.15) is 0 Å². The highest BCUT2D eigenvalue weighted by Crippen LogP contribution is 2.38. The summed E-state index contributed by atoms with van der Waals surface area (Å²) in [5.41, 5.74) is 1.34. The molecule has 1 aromatic rings. The highest BCUT2D eigenvalue weighted by atomic mass is 127. The molecule has 2 aliphatic rings. The van der Waals surface area contributed by atoms with Crippen molar-refractivity contribution in [3.63, 3.8) is 0 Å². The van der Waals surface area contributed by atoms with Crippen molar-refractivity contribution < 1.29 is 18.9 Å². The molecular weight excluding hydrogens is 473 g/mol. The molecule has 0 bridgehead atoms. The van der Waals surface area contributed by atoms with Crippen LogP contribution in [0.4, 0.5) is 0 Å². The summed E-state index contributed by atoms with van der Waals surface area (Å²) in [6.07, 6.45) is 3.09. The van der Waals surface area contributed by atoms with Crippen molar-refractivity contribution in [2.45, 2.75) is 19.3 Å². The molecule has 2 saturated heterocycles. The zero-order chi connectivity index (χ0) is 19.3. The summed E-state index contributed by atoms with van der Waals surface area (Å²) in [5.74, 6) is 3.21. The van der Waals surface area contributed by atoms with Gasteiger partial charge in [0, 0.05) is 56.4 Å². The second-order valence-electron chi connectivity index (χ2n) is 7.21. The third-order valence-corrected chi connectivity index (χ3v) is 5.61. The Morgan fingerprint density at radius 1 is 1.18 bits per heavy atom. The van der Waals surface area contributed by atoms with Gasteiger partial charge in [-0.05, 0) is 19.3 Å². The van der Waals surface area contributed by atoms with Crippen molar-refractivity contribution in [1.82, 2.24) is 10.2 Å². The molecule has 0 saturated carbocycles. The summed E-state index contributed by atoms with van der Waals surface area (Å²) >= 11 is 0. The number of likely N-dealkylation sites (tertiary alicyclic amines) is 1. The van der Waals surface area contributed by atoms with E-state index in [2.05, 4.69) is 15.2 Å². The summed E-state index contributed by atoms with van der Waals surface area (Å²) in [6.45, 7) is 4.55. The van der Waals surface area contributed by atoms with Crippen LogP contribution in [0.5, 0.6) is 17.2 Å². The topological polar surface area (TPSA) is 64.6 Å². The van der Waals surface area contributed by atoms with E-state index in [0.717, 1.165) is 74.5 Å². The molecule has 1 aromatic carbocycles. The molecule has 8 heteroatoms. The Kier molecular flexibility index (Phi) is 8.48. The lowest BCUT2D eigenvalue weighted by molar-refractivity contribution is 0.156. The van der Waals surface area contributed by atoms with E-state index in [-0.39, 0.29) is 24.0 Å². The predicted molar refractivity (Wildman–Crippen MR) is 121 cm³/mol. The molecular formula is C20H32IN3O4. The smallest absolute Gasteiger partial charge is 0.193 e. The molecule has 0 aliphatic carbocycles. The highest BCUT2D eigenvalue weighted by Gasteiger charge is 2.42. The van der Waals surface area contributed by atoms with Crippen LogP contribution in [0.3, 0.4) is 0 Å². The lowest BCUT2D eigenvalue weighted by atomic mass is 9.87. The molecule has 2 aliphatic heterocycles. The van der Waals surface area contributed by atoms with Gasteiger partial charge in [0.15, 0.2) is 5.96 Å². The summed E-state index contributed by atoms with van der Waals surface area (Å²) in [6, 6.07) is 3.77. The molecule has 28 heavy (non-hydrogen) atoms. The molecule has 2 heterocycles. The maximum absolute atomic E-state index is 5.63. The molecule has 1 spiro atoms. The van der Waals surface area contributed by atoms with Gasteiger partial charge in [0.25, 0.3) is 0 Å².